The molecule has 7 nitrogen and oxygen atoms in total. The summed E-state index contributed by atoms with van der Waals surface area (Å²) in [5.41, 5.74) is 1.63. The van der Waals surface area contributed by atoms with E-state index in [0.29, 0.717) is 16.8 Å². The molecule has 3 aromatic rings. The van der Waals surface area contributed by atoms with Gasteiger partial charge in [0, 0.05) is 29.1 Å². The first kappa shape index (κ1) is 18.1. The van der Waals surface area contributed by atoms with Gasteiger partial charge in [0.2, 0.25) is 0 Å². The number of halogens is 2. The van der Waals surface area contributed by atoms with Gasteiger partial charge < -0.3 is 5.32 Å². The van der Waals surface area contributed by atoms with Crippen molar-refractivity contribution in [2.45, 2.75) is 11.3 Å². The molecule has 2 aliphatic heterocycles. The fourth-order valence-corrected chi connectivity index (χ4v) is 5.23. The largest absolute Gasteiger partial charge is 0.329 e. The van der Waals surface area contributed by atoms with Crippen molar-refractivity contribution in [2.75, 3.05) is 4.90 Å². The summed E-state index contributed by atoms with van der Waals surface area (Å²) < 4.78 is 15.0. The van der Waals surface area contributed by atoms with Crippen LogP contribution in [0.1, 0.15) is 5.56 Å². The Morgan fingerprint density at radius 3 is 2.86 bits per heavy atom. The molecule has 0 bridgehead atoms. The standard InChI is InChI=1S/C19H13ClFN5O2S/c1-25-16-9(7-23-25)6-22-8-14(16)26-18(27)17-13(24-19(26)28)5-15(29-17)11-3-2-10(21)4-12(11)20/h2-8,13,17H,1H3,(H,24,28). The first-order valence-electron chi connectivity index (χ1n) is 8.68. The molecule has 2 unspecified atom stereocenters. The number of hydrogen-bond acceptors (Lipinski definition) is 5. The van der Waals surface area contributed by atoms with E-state index in [0.717, 1.165) is 15.2 Å². The Balaban J connectivity index is 1.51. The maximum absolute atomic E-state index is 13.4. The van der Waals surface area contributed by atoms with Crippen molar-refractivity contribution in [1.82, 2.24) is 20.1 Å². The highest BCUT2D eigenvalue weighted by Crippen LogP contribution is 2.44. The van der Waals surface area contributed by atoms with Crippen LogP contribution in [-0.4, -0.2) is 38.0 Å². The van der Waals surface area contributed by atoms with Crippen molar-refractivity contribution in [3.05, 3.63) is 59.3 Å². The van der Waals surface area contributed by atoms with E-state index in [4.69, 9.17) is 11.6 Å². The Labute approximate surface area is 173 Å². The lowest BCUT2D eigenvalue weighted by Crippen LogP contribution is -2.60. The van der Waals surface area contributed by atoms with Crippen LogP contribution < -0.4 is 10.2 Å². The number of carbonyl (C=O) groups is 2. The number of urea groups is 1. The molecule has 10 heteroatoms. The number of benzene rings is 1. The molecule has 0 aliphatic carbocycles. The number of amides is 3. The lowest BCUT2D eigenvalue weighted by molar-refractivity contribution is -0.118. The summed E-state index contributed by atoms with van der Waals surface area (Å²) in [4.78, 5) is 32.0. The van der Waals surface area contributed by atoms with E-state index in [1.807, 2.05) is 0 Å². The molecule has 3 amide bonds. The molecular formula is C19H13ClFN5O2S. The Bertz CT molecular complexity index is 1230. The highest BCUT2D eigenvalue weighted by Gasteiger charge is 2.46. The first-order valence-corrected chi connectivity index (χ1v) is 9.94. The summed E-state index contributed by atoms with van der Waals surface area (Å²) in [5, 5.41) is 7.46. The molecular weight excluding hydrogens is 417 g/mol. The molecule has 1 saturated heterocycles. The Hall–Kier alpha value is -2.91. The second kappa shape index (κ2) is 6.57. The number of nitrogens with zero attached hydrogens (tertiary/aromatic N) is 4. The van der Waals surface area contributed by atoms with E-state index in [1.54, 1.807) is 36.3 Å². The summed E-state index contributed by atoms with van der Waals surface area (Å²) in [6.45, 7) is 0. The van der Waals surface area contributed by atoms with Crippen molar-refractivity contribution < 1.29 is 14.0 Å². The van der Waals surface area contributed by atoms with E-state index >= 15 is 0 Å². The van der Waals surface area contributed by atoms with Gasteiger partial charge >= 0.3 is 6.03 Å². The fourth-order valence-electron chi connectivity index (χ4n) is 3.60. The fraction of sp³-hybridized carbons (Fsp3) is 0.158. The third-order valence-corrected chi connectivity index (χ3v) is 6.60. The van der Waals surface area contributed by atoms with Crippen LogP contribution in [0.5, 0.6) is 0 Å². The van der Waals surface area contributed by atoms with Crippen LogP contribution in [0.25, 0.3) is 15.8 Å². The minimum Gasteiger partial charge on any atom is -0.329 e. The smallest absolute Gasteiger partial charge is 0.329 e. The summed E-state index contributed by atoms with van der Waals surface area (Å²) in [6, 6.07) is 3.09. The quantitative estimate of drug-likeness (QED) is 0.675. The van der Waals surface area contributed by atoms with Gasteiger partial charge in [0.1, 0.15) is 11.1 Å². The molecule has 0 saturated carbocycles. The second-order valence-corrected chi connectivity index (χ2v) is 8.30. The highest BCUT2D eigenvalue weighted by atomic mass is 35.5. The minimum atomic E-state index is -0.563. The summed E-state index contributed by atoms with van der Waals surface area (Å²) in [5.74, 6) is -0.796. The summed E-state index contributed by atoms with van der Waals surface area (Å²) >= 11 is 7.47. The average Bonchev–Trinajstić information content (AvgIpc) is 3.26. The number of hydrogen-bond donors (Lipinski definition) is 1. The van der Waals surface area contributed by atoms with Crippen LogP contribution in [0.15, 0.2) is 42.9 Å². The Morgan fingerprint density at radius 2 is 2.07 bits per heavy atom. The van der Waals surface area contributed by atoms with Gasteiger partial charge in [-0.3, -0.25) is 14.5 Å². The van der Waals surface area contributed by atoms with Gasteiger partial charge in [-0.25, -0.2) is 14.1 Å². The number of carbonyl (C=O) groups excluding carboxylic acids is 2. The molecule has 4 heterocycles. The number of thioether (sulfide) groups is 1. The third-order valence-electron chi connectivity index (χ3n) is 4.93. The van der Waals surface area contributed by atoms with Crippen LogP contribution in [0.3, 0.4) is 0 Å². The highest BCUT2D eigenvalue weighted by molar-refractivity contribution is 8.09. The molecule has 1 aromatic carbocycles. The van der Waals surface area contributed by atoms with Crippen molar-refractivity contribution >= 4 is 56.8 Å². The van der Waals surface area contributed by atoms with E-state index < -0.39 is 23.1 Å². The second-order valence-electron chi connectivity index (χ2n) is 6.71. The van der Waals surface area contributed by atoms with E-state index in [-0.39, 0.29) is 10.9 Å². The maximum Gasteiger partial charge on any atom is 0.329 e. The average molecular weight is 430 g/mol. The molecule has 1 fully saturated rings. The number of nitrogens with one attached hydrogen (secondary N) is 1. The third kappa shape index (κ3) is 2.80. The van der Waals surface area contributed by atoms with Gasteiger partial charge in [-0.05, 0) is 24.3 Å². The van der Waals surface area contributed by atoms with E-state index in [1.165, 1.54) is 30.1 Å². The number of pyridine rings is 1. The molecule has 0 spiro atoms. The Morgan fingerprint density at radius 1 is 1.24 bits per heavy atom. The number of imide groups is 1. The molecule has 1 N–H and O–H groups in total. The normalized spacial score (nSPS) is 21.3. The van der Waals surface area contributed by atoms with Gasteiger partial charge in [0.05, 0.1) is 34.7 Å². The SMILES string of the molecule is Cn1ncc2cncc(N3C(=O)NC4C=C(c5ccc(F)cc5Cl)SC4C3=O)c21. The van der Waals surface area contributed by atoms with Gasteiger partial charge in [-0.1, -0.05) is 11.6 Å². The van der Waals surface area contributed by atoms with Gasteiger partial charge in [0.15, 0.2) is 0 Å². The summed E-state index contributed by atoms with van der Waals surface area (Å²) in [7, 11) is 1.74. The number of aryl methyl sites for hydroxylation is 1. The van der Waals surface area contributed by atoms with Crippen molar-refractivity contribution in [1.29, 1.82) is 0 Å². The summed E-state index contributed by atoms with van der Waals surface area (Å²) in [6.07, 6.45) is 6.51. The predicted molar refractivity (Wildman–Crippen MR) is 109 cm³/mol. The number of fused-ring (bicyclic) bond motifs is 2. The topological polar surface area (TPSA) is 80.1 Å². The lowest BCUT2D eigenvalue weighted by Gasteiger charge is -2.33. The molecule has 29 heavy (non-hydrogen) atoms. The number of anilines is 1. The van der Waals surface area contributed by atoms with Gasteiger partial charge in [-0.2, -0.15) is 5.10 Å². The minimum absolute atomic E-state index is 0.252. The van der Waals surface area contributed by atoms with E-state index in [9.17, 15) is 14.0 Å². The zero-order chi connectivity index (χ0) is 20.3. The van der Waals surface area contributed by atoms with Gasteiger partial charge in [0.25, 0.3) is 5.91 Å². The molecule has 2 atom stereocenters. The van der Waals surface area contributed by atoms with Crippen LogP contribution >= 0.6 is 23.4 Å². The van der Waals surface area contributed by atoms with Gasteiger partial charge in [-0.15, -0.1) is 11.8 Å². The van der Waals surface area contributed by atoms with Crippen LogP contribution in [-0.2, 0) is 11.8 Å². The number of rotatable bonds is 2. The Kier molecular flexibility index (Phi) is 4.11. The van der Waals surface area contributed by atoms with Crippen LogP contribution in [0.4, 0.5) is 14.9 Å². The molecule has 0 radical (unpaired) electrons. The monoisotopic (exact) mass is 429 g/mol. The predicted octanol–water partition coefficient (Wildman–Crippen LogP) is 3.34. The molecule has 2 aliphatic rings. The zero-order valence-electron chi connectivity index (χ0n) is 15.0. The molecule has 2 aromatic heterocycles. The van der Waals surface area contributed by atoms with Crippen molar-refractivity contribution in [2.24, 2.45) is 7.05 Å². The van der Waals surface area contributed by atoms with Crippen molar-refractivity contribution in [3.8, 4) is 0 Å². The van der Waals surface area contributed by atoms with Crippen molar-refractivity contribution in [3.63, 3.8) is 0 Å². The molecule has 5 rings (SSSR count). The zero-order valence-corrected chi connectivity index (χ0v) is 16.5. The van der Waals surface area contributed by atoms with E-state index in [2.05, 4.69) is 15.4 Å². The van der Waals surface area contributed by atoms with Crippen LogP contribution in [0, 0.1) is 5.82 Å². The van der Waals surface area contributed by atoms with Crippen LogP contribution in [0.2, 0.25) is 5.02 Å². The molecule has 146 valence electrons. The first-order chi connectivity index (χ1) is 13.9. The maximum atomic E-state index is 13.4. The lowest BCUT2D eigenvalue weighted by atomic mass is 10.1. The number of aromatic nitrogens is 3.